The zero-order valence-electron chi connectivity index (χ0n) is 28.9. The van der Waals surface area contributed by atoms with Crippen molar-refractivity contribution in [1.29, 1.82) is 0 Å². The number of pyridine rings is 1. The Kier molecular flexibility index (Phi) is 11.4. The number of H-pyrrole nitrogens is 1. The third-order valence-electron chi connectivity index (χ3n) is 9.89. The van der Waals surface area contributed by atoms with Crippen LogP contribution in [0.4, 0.5) is 5.69 Å². The highest BCUT2D eigenvalue weighted by Gasteiger charge is 2.27. The first-order valence-electron chi connectivity index (χ1n) is 17.1. The summed E-state index contributed by atoms with van der Waals surface area (Å²) < 4.78 is 0. The first-order valence-corrected chi connectivity index (χ1v) is 17.1. The largest absolute Gasteiger partial charge is 0.368 e. The number of likely N-dealkylation sites (tertiary alicyclic amines) is 2. The van der Waals surface area contributed by atoms with E-state index >= 15 is 0 Å². The van der Waals surface area contributed by atoms with Crippen molar-refractivity contribution in [2.75, 3.05) is 44.2 Å². The number of hydrogen-bond acceptors (Lipinski definition) is 7. The van der Waals surface area contributed by atoms with Gasteiger partial charge in [0.05, 0.1) is 0 Å². The molecule has 0 atom stereocenters. The van der Waals surface area contributed by atoms with E-state index in [2.05, 4.69) is 68.8 Å². The molecule has 3 heterocycles. The Morgan fingerprint density at radius 1 is 0.979 bits per heavy atom. The van der Waals surface area contributed by atoms with Crippen LogP contribution < -0.4 is 15.8 Å². The van der Waals surface area contributed by atoms with Gasteiger partial charge < -0.3 is 15.2 Å². The summed E-state index contributed by atoms with van der Waals surface area (Å²) in [6, 6.07) is 14.9. The van der Waals surface area contributed by atoms with Crippen molar-refractivity contribution in [2.24, 2.45) is 0 Å². The summed E-state index contributed by atoms with van der Waals surface area (Å²) >= 11 is 0. The standard InChI is InChI=1S/C39H49N5O4/c1-6-44(33-11-15-42(16-12-33)23-26(2)25-45)37-21-32(31-9-7-30(8-10-31)24-43-17-13-34(46)14-18-43)20-35(29(37)5)38(47)40-22-36-27(3)19-28(4)41-39(36)48/h7-10,19-21,25,33H,2,6,11-18,22-24H2,1,3-5H3,(H,40,47)(H,41,48). The van der Waals surface area contributed by atoms with E-state index in [0.717, 1.165) is 92.0 Å². The first-order chi connectivity index (χ1) is 23.1. The fourth-order valence-corrected chi connectivity index (χ4v) is 7.13. The molecule has 2 fully saturated rings. The maximum Gasteiger partial charge on any atom is 0.253 e. The second kappa shape index (κ2) is 15.7. The minimum absolute atomic E-state index is 0.137. The molecule has 0 bridgehead atoms. The number of aldehydes is 1. The van der Waals surface area contributed by atoms with Gasteiger partial charge in [0.15, 0.2) is 0 Å². The van der Waals surface area contributed by atoms with Gasteiger partial charge in [0.25, 0.3) is 11.5 Å². The number of benzene rings is 2. The Labute approximate surface area is 284 Å². The molecule has 0 spiro atoms. The van der Waals surface area contributed by atoms with Crippen molar-refractivity contribution in [1.82, 2.24) is 20.1 Å². The lowest BCUT2D eigenvalue weighted by Crippen LogP contribution is -2.45. The molecule has 0 radical (unpaired) electrons. The van der Waals surface area contributed by atoms with Crippen LogP contribution in [-0.2, 0) is 22.7 Å². The summed E-state index contributed by atoms with van der Waals surface area (Å²) in [6.07, 6.45) is 3.96. The number of Topliss-reactive ketones (excluding diaryl/α,β-unsaturated/α-hetero) is 1. The number of hydrogen-bond donors (Lipinski definition) is 2. The SMILES string of the molecule is C=C(C=O)CN1CCC(N(CC)c2cc(-c3ccc(CN4CCC(=O)CC4)cc3)cc(C(=O)NCc3c(C)cc(C)[nH]c3=O)c2C)CC1. The molecule has 254 valence electrons. The summed E-state index contributed by atoms with van der Waals surface area (Å²) in [6.45, 7) is 17.4. The van der Waals surface area contributed by atoms with Gasteiger partial charge in [0.1, 0.15) is 12.1 Å². The number of anilines is 1. The van der Waals surface area contributed by atoms with Crippen LogP contribution in [0.25, 0.3) is 11.1 Å². The average molecular weight is 652 g/mol. The fraction of sp³-hybridized carbons (Fsp3) is 0.436. The van der Waals surface area contributed by atoms with E-state index in [9.17, 15) is 19.2 Å². The van der Waals surface area contributed by atoms with Crippen molar-refractivity contribution < 1.29 is 14.4 Å². The van der Waals surface area contributed by atoms with Crippen molar-refractivity contribution in [2.45, 2.75) is 72.5 Å². The molecule has 2 N–H and O–H groups in total. The molecule has 0 aliphatic carbocycles. The molecule has 2 aliphatic heterocycles. The lowest BCUT2D eigenvalue weighted by Gasteiger charge is -2.40. The molecule has 0 saturated carbocycles. The minimum atomic E-state index is -0.218. The molecule has 1 aromatic heterocycles. The van der Waals surface area contributed by atoms with Crippen LogP contribution in [0.3, 0.4) is 0 Å². The molecule has 9 nitrogen and oxygen atoms in total. The Morgan fingerprint density at radius 3 is 2.29 bits per heavy atom. The van der Waals surface area contributed by atoms with E-state index in [1.54, 1.807) is 0 Å². The van der Waals surface area contributed by atoms with Gasteiger partial charge in [0.2, 0.25) is 0 Å². The molecule has 3 aromatic rings. The molecule has 2 saturated heterocycles. The Bertz CT molecular complexity index is 1710. The lowest BCUT2D eigenvalue weighted by molar-refractivity contribution is -0.121. The molecular formula is C39H49N5O4. The van der Waals surface area contributed by atoms with Crippen LogP contribution in [0.2, 0.25) is 0 Å². The second-order valence-electron chi connectivity index (χ2n) is 13.4. The van der Waals surface area contributed by atoms with Gasteiger partial charge in [-0.05, 0) is 92.1 Å². The fourth-order valence-electron chi connectivity index (χ4n) is 7.13. The Morgan fingerprint density at radius 2 is 1.67 bits per heavy atom. The molecule has 0 unspecified atom stereocenters. The number of aromatic nitrogens is 1. The van der Waals surface area contributed by atoms with Crippen LogP contribution >= 0.6 is 0 Å². The number of carbonyl (C=O) groups is 3. The molecule has 2 aliphatic rings. The zero-order valence-corrected chi connectivity index (χ0v) is 28.9. The maximum absolute atomic E-state index is 13.9. The van der Waals surface area contributed by atoms with Crippen LogP contribution in [-0.4, -0.2) is 78.1 Å². The highest BCUT2D eigenvalue weighted by atomic mass is 16.2. The number of nitrogens with one attached hydrogen (secondary N) is 2. The molecular weight excluding hydrogens is 602 g/mol. The van der Waals surface area contributed by atoms with Gasteiger partial charge in [-0.15, -0.1) is 0 Å². The lowest BCUT2D eigenvalue weighted by atomic mass is 9.94. The molecule has 2 aromatic carbocycles. The van der Waals surface area contributed by atoms with Crippen LogP contribution in [0.5, 0.6) is 0 Å². The molecule has 48 heavy (non-hydrogen) atoms. The molecule has 5 rings (SSSR count). The average Bonchev–Trinajstić information content (AvgIpc) is 3.07. The van der Waals surface area contributed by atoms with E-state index in [-0.39, 0.29) is 24.1 Å². The summed E-state index contributed by atoms with van der Waals surface area (Å²) in [5, 5.41) is 3.04. The van der Waals surface area contributed by atoms with Gasteiger partial charge >= 0.3 is 0 Å². The van der Waals surface area contributed by atoms with Crippen LogP contribution in [0.1, 0.15) is 70.9 Å². The van der Waals surface area contributed by atoms with Gasteiger partial charge in [-0.1, -0.05) is 30.8 Å². The number of amides is 1. The predicted octanol–water partition coefficient (Wildman–Crippen LogP) is 5.11. The number of aryl methyl sites for hydroxylation is 2. The van der Waals surface area contributed by atoms with Crippen molar-refractivity contribution in [3.05, 3.63) is 98.5 Å². The van der Waals surface area contributed by atoms with Crippen LogP contribution in [0, 0.1) is 20.8 Å². The Balaban J connectivity index is 1.43. The van der Waals surface area contributed by atoms with Crippen molar-refractivity contribution in [3.8, 4) is 11.1 Å². The number of rotatable bonds is 12. The third-order valence-corrected chi connectivity index (χ3v) is 9.89. The normalized spacial score (nSPS) is 16.1. The van der Waals surface area contributed by atoms with E-state index in [1.807, 2.05) is 32.9 Å². The minimum Gasteiger partial charge on any atom is -0.368 e. The van der Waals surface area contributed by atoms with Gasteiger partial charge in [-0.3, -0.25) is 29.0 Å². The second-order valence-corrected chi connectivity index (χ2v) is 13.4. The maximum atomic E-state index is 13.9. The summed E-state index contributed by atoms with van der Waals surface area (Å²) in [5.74, 6) is 0.123. The van der Waals surface area contributed by atoms with E-state index in [1.165, 1.54) is 5.56 Å². The number of aromatic amines is 1. The highest BCUT2D eigenvalue weighted by molar-refractivity contribution is 5.99. The molecule has 9 heteroatoms. The van der Waals surface area contributed by atoms with E-state index in [0.29, 0.717) is 41.9 Å². The third kappa shape index (κ3) is 8.38. The predicted molar refractivity (Wildman–Crippen MR) is 192 cm³/mol. The van der Waals surface area contributed by atoms with Crippen molar-refractivity contribution in [3.63, 3.8) is 0 Å². The number of nitrogens with zero attached hydrogens (tertiary/aromatic N) is 3. The topological polar surface area (TPSA) is 106 Å². The van der Waals surface area contributed by atoms with Gasteiger partial charge in [-0.2, -0.15) is 0 Å². The molecule has 1 amide bonds. The van der Waals surface area contributed by atoms with Gasteiger partial charge in [-0.25, -0.2) is 0 Å². The van der Waals surface area contributed by atoms with Crippen molar-refractivity contribution >= 4 is 23.7 Å². The number of piperidine rings is 2. The number of ketones is 1. The summed E-state index contributed by atoms with van der Waals surface area (Å²) in [7, 11) is 0. The van der Waals surface area contributed by atoms with E-state index < -0.39 is 0 Å². The number of carbonyl (C=O) groups excluding carboxylic acids is 3. The van der Waals surface area contributed by atoms with Gasteiger partial charge in [0, 0.05) is 93.7 Å². The highest BCUT2D eigenvalue weighted by Crippen LogP contribution is 2.34. The first kappa shape index (κ1) is 35.0. The van der Waals surface area contributed by atoms with E-state index in [4.69, 9.17) is 0 Å². The summed E-state index contributed by atoms with van der Waals surface area (Å²) in [4.78, 5) is 59.3. The zero-order chi connectivity index (χ0) is 34.4. The quantitative estimate of drug-likeness (QED) is 0.207. The smallest absolute Gasteiger partial charge is 0.253 e. The summed E-state index contributed by atoms with van der Waals surface area (Å²) in [5.41, 5.74) is 8.29. The Hall–Kier alpha value is -4.34. The monoisotopic (exact) mass is 651 g/mol. The van der Waals surface area contributed by atoms with Crippen LogP contribution in [0.15, 0.2) is 59.4 Å².